The summed E-state index contributed by atoms with van der Waals surface area (Å²) in [7, 11) is 2.87. The van der Waals surface area contributed by atoms with Crippen LogP contribution in [-0.4, -0.2) is 29.9 Å². The molecule has 0 radical (unpaired) electrons. The molecule has 3 heterocycles. The lowest BCUT2D eigenvalue weighted by Gasteiger charge is -2.17. The van der Waals surface area contributed by atoms with Gasteiger partial charge in [0.1, 0.15) is 11.5 Å². The Balaban J connectivity index is 1.88. The molecule has 0 aliphatic carbocycles. The van der Waals surface area contributed by atoms with Crippen molar-refractivity contribution in [1.29, 1.82) is 0 Å². The minimum absolute atomic E-state index is 0.0799. The molecule has 132 valence electrons. The molecule has 8 nitrogen and oxygen atoms in total. The fourth-order valence-corrected chi connectivity index (χ4v) is 2.90. The second kappa shape index (κ2) is 6.27. The Hall–Kier alpha value is -2.77. The van der Waals surface area contributed by atoms with Crippen LogP contribution in [0.25, 0.3) is 0 Å². The van der Waals surface area contributed by atoms with Gasteiger partial charge < -0.3 is 4.90 Å². The number of aromatic nitrogens is 4. The lowest BCUT2D eigenvalue weighted by atomic mass is 10.1. The van der Waals surface area contributed by atoms with Crippen molar-refractivity contribution < 1.29 is 4.79 Å². The van der Waals surface area contributed by atoms with E-state index in [-0.39, 0.29) is 11.6 Å². The van der Waals surface area contributed by atoms with Crippen LogP contribution >= 0.6 is 0 Å². The number of nitrogens with zero attached hydrogens (tertiary/aromatic N) is 5. The SMILES string of the molecule is CC(C)Cc1ncc2c(n1)CN(C(=O)c1cc(=O)n(C)c(=O)n1C)C2. The van der Waals surface area contributed by atoms with E-state index in [2.05, 4.69) is 23.8 Å². The first-order valence-electron chi connectivity index (χ1n) is 8.18. The number of hydrogen-bond acceptors (Lipinski definition) is 5. The first-order chi connectivity index (χ1) is 11.8. The molecule has 0 N–H and O–H groups in total. The number of carbonyl (C=O) groups excluding carboxylic acids is 1. The Kier molecular flexibility index (Phi) is 4.28. The van der Waals surface area contributed by atoms with Crippen LogP contribution in [0.2, 0.25) is 0 Å². The maximum atomic E-state index is 12.8. The van der Waals surface area contributed by atoms with E-state index in [9.17, 15) is 14.4 Å². The zero-order valence-electron chi connectivity index (χ0n) is 14.8. The fourth-order valence-electron chi connectivity index (χ4n) is 2.90. The maximum absolute atomic E-state index is 12.8. The summed E-state index contributed by atoms with van der Waals surface area (Å²) in [5, 5.41) is 0. The molecule has 0 aromatic carbocycles. The smallest absolute Gasteiger partial charge is 0.327 e. The average Bonchev–Trinajstić information content (AvgIpc) is 2.98. The minimum atomic E-state index is -0.522. The second-order valence-electron chi connectivity index (χ2n) is 6.79. The van der Waals surface area contributed by atoms with Gasteiger partial charge in [-0.15, -0.1) is 0 Å². The number of amides is 1. The Labute approximate surface area is 144 Å². The van der Waals surface area contributed by atoms with Crippen LogP contribution in [0.5, 0.6) is 0 Å². The van der Waals surface area contributed by atoms with Gasteiger partial charge in [-0.05, 0) is 5.92 Å². The van der Waals surface area contributed by atoms with E-state index < -0.39 is 11.2 Å². The Morgan fingerprint density at radius 2 is 1.92 bits per heavy atom. The van der Waals surface area contributed by atoms with Crippen molar-refractivity contribution in [3.63, 3.8) is 0 Å². The van der Waals surface area contributed by atoms with Gasteiger partial charge in [0.2, 0.25) is 0 Å². The highest BCUT2D eigenvalue weighted by Gasteiger charge is 2.28. The van der Waals surface area contributed by atoms with Crippen LogP contribution in [0.3, 0.4) is 0 Å². The summed E-state index contributed by atoms with van der Waals surface area (Å²) in [6, 6.07) is 1.20. The van der Waals surface area contributed by atoms with Crippen LogP contribution in [0, 0.1) is 5.92 Å². The Bertz CT molecular complexity index is 958. The topological polar surface area (TPSA) is 90.1 Å². The summed E-state index contributed by atoms with van der Waals surface area (Å²) in [5.74, 6) is 0.858. The number of hydrogen-bond donors (Lipinski definition) is 0. The van der Waals surface area contributed by atoms with E-state index in [1.54, 1.807) is 11.1 Å². The first kappa shape index (κ1) is 17.1. The van der Waals surface area contributed by atoms with E-state index in [1.165, 1.54) is 24.7 Å². The van der Waals surface area contributed by atoms with E-state index in [1.807, 2.05) is 0 Å². The predicted molar refractivity (Wildman–Crippen MR) is 91.1 cm³/mol. The number of carbonyl (C=O) groups is 1. The molecule has 25 heavy (non-hydrogen) atoms. The van der Waals surface area contributed by atoms with Crippen molar-refractivity contribution in [1.82, 2.24) is 24.0 Å². The third kappa shape index (κ3) is 3.11. The standard InChI is InChI=1S/C17H21N5O3/c1-10(2)5-14-18-7-11-8-22(9-12(11)19-14)16(24)13-6-15(23)21(4)17(25)20(13)3/h6-7,10H,5,8-9H2,1-4H3. The van der Waals surface area contributed by atoms with Crippen LogP contribution in [0.1, 0.15) is 41.4 Å². The second-order valence-corrected chi connectivity index (χ2v) is 6.79. The molecular formula is C17H21N5O3. The summed E-state index contributed by atoms with van der Waals surface area (Å²) in [6.45, 7) is 4.93. The monoisotopic (exact) mass is 343 g/mol. The summed E-state index contributed by atoms with van der Waals surface area (Å²) in [6.07, 6.45) is 2.54. The van der Waals surface area contributed by atoms with Crippen molar-refractivity contribution in [2.45, 2.75) is 33.4 Å². The molecule has 2 aromatic rings. The summed E-state index contributed by atoms with van der Waals surface area (Å²) in [5.41, 5.74) is 0.785. The number of fused-ring (bicyclic) bond motifs is 1. The van der Waals surface area contributed by atoms with Gasteiger partial charge in [-0.3, -0.25) is 18.7 Å². The predicted octanol–water partition coefficient (Wildman–Crippen LogP) is 0.229. The van der Waals surface area contributed by atoms with Gasteiger partial charge in [-0.2, -0.15) is 0 Å². The first-order valence-corrected chi connectivity index (χ1v) is 8.18. The highest BCUT2D eigenvalue weighted by atomic mass is 16.2. The van der Waals surface area contributed by atoms with Crippen LogP contribution in [0.4, 0.5) is 0 Å². The highest BCUT2D eigenvalue weighted by Crippen LogP contribution is 2.22. The van der Waals surface area contributed by atoms with Crippen molar-refractivity contribution >= 4 is 5.91 Å². The summed E-state index contributed by atoms with van der Waals surface area (Å²) >= 11 is 0. The molecule has 1 amide bonds. The van der Waals surface area contributed by atoms with E-state index >= 15 is 0 Å². The molecule has 0 saturated carbocycles. The quantitative estimate of drug-likeness (QED) is 0.796. The third-order valence-electron chi connectivity index (χ3n) is 4.33. The molecular weight excluding hydrogens is 322 g/mol. The Morgan fingerprint density at radius 1 is 1.20 bits per heavy atom. The van der Waals surface area contributed by atoms with E-state index in [4.69, 9.17) is 0 Å². The zero-order valence-corrected chi connectivity index (χ0v) is 14.8. The van der Waals surface area contributed by atoms with Gasteiger partial charge in [0, 0.05) is 44.9 Å². The molecule has 0 spiro atoms. The van der Waals surface area contributed by atoms with Gasteiger partial charge in [0.05, 0.1) is 12.2 Å². The maximum Gasteiger partial charge on any atom is 0.331 e. The molecule has 1 aliphatic rings. The average molecular weight is 343 g/mol. The van der Waals surface area contributed by atoms with E-state index in [0.717, 1.165) is 28.1 Å². The van der Waals surface area contributed by atoms with Gasteiger partial charge in [0.15, 0.2) is 0 Å². The van der Waals surface area contributed by atoms with Gasteiger partial charge in [0.25, 0.3) is 11.5 Å². The molecule has 0 bridgehead atoms. The van der Waals surface area contributed by atoms with Crippen LogP contribution in [0.15, 0.2) is 21.9 Å². The molecule has 8 heteroatoms. The van der Waals surface area contributed by atoms with Crippen molar-refractivity contribution in [2.75, 3.05) is 0 Å². The largest absolute Gasteiger partial charge is 0.331 e. The van der Waals surface area contributed by atoms with E-state index in [0.29, 0.717) is 19.0 Å². The lowest BCUT2D eigenvalue weighted by Crippen LogP contribution is -2.41. The highest BCUT2D eigenvalue weighted by molar-refractivity contribution is 5.92. The number of rotatable bonds is 3. The lowest BCUT2D eigenvalue weighted by molar-refractivity contribution is 0.0738. The van der Waals surface area contributed by atoms with Crippen LogP contribution < -0.4 is 11.2 Å². The van der Waals surface area contributed by atoms with Crippen LogP contribution in [-0.2, 0) is 33.6 Å². The molecule has 0 fully saturated rings. The third-order valence-corrected chi connectivity index (χ3v) is 4.33. The molecule has 2 aromatic heterocycles. The van der Waals surface area contributed by atoms with Gasteiger partial charge in [-0.1, -0.05) is 13.8 Å². The molecule has 0 atom stereocenters. The zero-order chi connectivity index (χ0) is 18.3. The van der Waals surface area contributed by atoms with Crippen molar-refractivity contribution in [3.05, 3.63) is 55.9 Å². The molecule has 0 unspecified atom stereocenters. The molecule has 1 aliphatic heterocycles. The summed E-state index contributed by atoms with van der Waals surface area (Å²) < 4.78 is 2.17. The van der Waals surface area contributed by atoms with Crippen molar-refractivity contribution in [3.8, 4) is 0 Å². The summed E-state index contributed by atoms with van der Waals surface area (Å²) in [4.78, 5) is 47.2. The fraction of sp³-hybridized carbons (Fsp3) is 0.471. The van der Waals surface area contributed by atoms with Gasteiger partial charge >= 0.3 is 5.69 Å². The van der Waals surface area contributed by atoms with Crippen molar-refractivity contribution in [2.24, 2.45) is 20.0 Å². The van der Waals surface area contributed by atoms with Gasteiger partial charge in [-0.25, -0.2) is 14.8 Å². The molecule has 3 rings (SSSR count). The molecule has 0 saturated heterocycles. The minimum Gasteiger partial charge on any atom is -0.327 e. The normalized spacial score (nSPS) is 13.4. The Morgan fingerprint density at radius 3 is 2.60 bits per heavy atom.